The van der Waals surface area contributed by atoms with Crippen LogP contribution < -0.4 is 21.7 Å². The van der Waals surface area contributed by atoms with E-state index in [2.05, 4.69) is 20.9 Å². The molecule has 0 saturated heterocycles. The van der Waals surface area contributed by atoms with Gasteiger partial charge in [-0.1, -0.05) is 18.2 Å². The molecule has 1 aromatic heterocycles. The number of carbonyl (C=O) groups excluding carboxylic acids is 3. The number of carboxylic acid groups (broad SMARTS) is 2. The smallest absolute Gasteiger partial charge is 0.326 e. The highest BCUT2D eigenvalue weighted by molar-refractivity contribution is 5.95. The van der Waals surface area contributed by atoms with E-state index in [0.717, 1.165) is 10.9 Å². The third kappa shape index (κ3) is 7.02. The second kappa shape index (κ2) is 11.6. The lowest BCUT2D eigenvalue weighted by Crippen LogP contribution is -2.57. The topological polar surface area (TPSA) is 224 Å². The van der Waals surface area contributed by atoms with Gasteiger partial charge in [-0.25, -0.2) is 4.79 Å². The molecule has 178 valence electrons. The van der Waals surface area contributed by atoms with Gasteiger partial charge in [-0.3, -0.25) is 19.2 Å². The standard InChI is InChI=1S/C20H25N5O8/c21-7-16(27)23-13(6-17(28)29)18(30)25-15(9-26)19(31)24-14(20(32)33)5-10-8-22-12-4-2-1-3-11(10)12/h1-4,8,13-15,22,26H,5-7,9,21H2,(H,23,27)(H,24,31)(H,25,30)(H,28,29)(H,32,33). The second-order valence-corrected chi connectivity index (χ2v) is 7.13. The first-order valence-electron chi connectivity index (χ1n) is 9.86. The van der Waals surface area contributed by atoms with E-state index >= 15 is 0 Å². The third-order valence-corrected chi connectivity index (χ3v) is 4.74. The summed E-state index contributed by atoms with van der Waals surface area (Å²) in [5, 5.41) is 35.3. The molecule has 0 aliphatic heterocycles. The fourth-order valence-corrected chi connectivity index (χ4v) is 3.10. The van der Waals surface area contributed by atoms with E-state index in [1.807, 2.05) is 6.07 Å². The van der Waals surface area contributed by atoms with Crippen LogP contribution in [0.2, 0.25) is 0 Å². The molecule has 0 fully saturated rings. The number of nitrogens with one attached hydrogen (secondary N) is 4. The molecule has 3 atom stereocenters. The van der Waals surface area contributed by atoms with Crippen molar-refractivity contribution in [3.63, 3.8) is 0 Å². The first kappa shape index (κ1) is 25.3. The first-order chi connectivity index (χ1) is 15.7. The lowest BCUT2D eigenvalue weighted by molar-refractivity contribution is -0.143. The molecule has 1 aromatic carbocycles. The van der Waals surface area contributed by atoms with E-state index in [1.165, 1.54) is 0 Å². The number of nitrogens with two attached hydrogens (primary N) is 1. The number of aliphatic carboxylic acids is 2. The van der Waals surface area contributed by atoms with Gasteiger partial charge in [-0.15, -0.1) is 0 Å². The van der Waals surface area contributed by atoms with Crippen molar-refractivity contribution >= 4 is 40.6 Å². The number of benzene rings is 1. The van der Waals surface area contributed by atoms with Crippen LogP contribution in [0.1, 0.15) is 12.0 Å². The molecular weight excluding hydrogens is 438 g/mol. The van der Waals surface area contributed by atoms with E-state index in [4.69, 9.17) is 10.8 Å². The molecule has 0 radical (unpaired) electrons. The van der Waals surface area contributed by atoms with Crippen LogP contribution in [0.25, 0.3) is 10.9 Å². The number of hydrogen-bond donors (Lipinski definition) is 8. The Morgan fingerprint density at radius 1 is 0.939 bits per heavy atom. The monoisotopic (exact) mass is 463 g/mol. The maximum absolute atomic E-state index is 12.6. The highest BCUT2D eigenvalue weighted by atomic mass is 16.4. The van der Waals surface area contributed by atoms with Gasteiger partial charge in [0.1, 0.15) is 18.1 Å². The Morgan fingerprint density at radius 3 is 2.18 bits per heavy atom. The van der Waals surface area contributed by atoms with E-state index < -0.39 is 67.4 Å². The Morgan fingerprint density at radius 2 is 1.58 bits per heavy atom. The summed E-state index contributed by atoms with van der Waals surface area (Å²) >= 11 is 0. The minimum Gasteiger partial charge on any atom is -0.481 e. The predicted molar refractivity (Wildman–Crippen MR) is 114 cm³/mol. The summed E-state index contributed by atoms with van der Waals surface area (Å²) in [6.45, 7) is -1.40. The van der Waals surface area contributed by atoms with Gasteiger partial charge in [0, 0.05) is 23.5 Å². The average Bonchev–Trinajstić information content (AvgIpc) is 3.18. The van der Waals surface area contributed by atoms with Crippen LogP contribution in [0.4, 0.5) is 0 Å². The van der Waals surface area contributed by atoms with Gasteiger partial charge in [-0.2, -0.15) is 0 Å². The molecule has 0 aliphatic carbocycles. The Balaban J connectivity index is 2.09. The third-order valence-electron chi connectivity index (χ3n) is 4.74. The van der Waals surface area contributed by atoms with Crippen molar-refractivity contribution in [3.8, 4) is 0 Å². The average molecular weight is 463 g/mol. The van der Waals surface area contributed by atoms with Crippen LogP contribution >= 0.6 is 0 Å². The number of H-pyrrole nitrogens is 1. The Bertz CT molecular complexity index is 1040. The molecule has 0 aliphatic rings. The molecule has 13 nitrogen and oxygen atoms in total. The summed E-state index contributed by atoms with van der Waals surface area (Å²) in [6, 6.07) is 2.66. The van der Waals surface area contributed by atoms with Crippen molar-refractivity contribution in [1.29, 1.82) is 0 Å². The molecule has 2 rings (SSSR count). The molecule has 3 amide bonds. The van der Waals surface area contributed by atoms with Gasteiger partial charge >= 0.3 is 11.9 Å². The summed E-state index contributed by atoms with van der Waals surface area (Å²) < 4.78 is 0. The minimum absolute atomic E-state index is 0.0780. The predicted octanol–water partition coefficient (Wildman–Crippen LogP) is -2.32. The van der Waals surface area contributed by atoms with Crippen molar-refractivity contribution in [2.24, 2.45) is 5.73 Å². The van der Waals surface area contributed by atoms with Crippen LogP contribution in [0.3, 0.4) is 0 Å². The molecule has 9 N–H and O–H groups in total. The number of aromatic nitrogens is 1. The van der Waals surface area contributed by atoms with Crippen molar-refractivity contribution in [2.75, 3.05) is 13.2 Å². The number of rotatable bonds is 12. The zero-order valence-electron chi connectivity index (χ0n) is 17.4. The number of fused-ring (bicyclic) bond motifs is 1. The van der Waals surface area contributed by atoms with Crippen molar-refractivity contribution in [1.82, 2.24) is 20.9 Å². The molecule has 0 bridgehead atoms. The number of hydrogen-bond acceptors (Lipinski definition) is 7. The van der Waals surface area contributed by atoms with E-state index in [0.29, 0.717) is 5.56 Å². The molecule has 13 heteroatoms. The van der Waals surface area contributed by atoms with Gasteiger partial charge in [0.15, 0.2) is 0 Å². The normalized spacial score (nSPS) is 13.5. The summed E-state index contributed by atoms with van der Waals surface area (Å²) in [5.41, 5.74) is 6.56. The fraction of sp³-hybridized carbons (Fsp3) is 0.350. The zero-order chi connectivity index (χ0) is 24.5. The highest BCUT2D eigenvalue weighted by Crippen LogP contribution is 2.19. The van der Waals surface area contributed by atoms with Crippen molar-refractivity contribution in [2.45, 2.75) is 31.0 Å². The minimum atomic E-state index is -1.59. The number of carboxylic acids is 2. The molecule has 33 heavy (non-hydrogen) atoms. The number of para-hydroxylation sites is 1. The summed E-state index contributed by atoms with van der Waals surface area (Å²) in [7, 11) is 0. The van der Waals surface area contributed by atoms with Gasteiger partial charge in [0.2, 0.25) is 17.7 Å². The summed E-state index contributed by atoms with van der Waals surface area (Å²) in [6.07, 6.45) is 0.746. The molecule has 3 unspecified atom stereocenters. The molecule has 2 aromatic rings. The first-order valence-corrected chi connectivity index (χ1v) is 9.86. The molecule has 0 spiro atoms. The van der Waals surface area contributed by atoms with Gasteiger partial charge in [-0.05, 0) is 11.6 Å². The van der Waals surface area contributed by atoms with Crippen LogP contribution in [0.15, 0.2) is 30.5 Å². The molecular formula is C20H25N5O8. The largest absolute Gasteiger partial charge is 0.481 e. The van der Waals surface area contributed by atoms with Crippen molar-refractivity contribution in [3.05, 3.63) is 36.0 Å². The number of aliphatic hydroxyl groups excluding tert-OH is 1. The lowest BCUT2D eigenvalue weighted by atomic mass is 10.0. The summed E-state index contributed by atoms with van der Waals surface area (Å²) in [4.78, 5) is 62.1. The Hall–Kier alpha value is -3.97. The number of carbonyl (C=O) groups is 5. The number of amides is 3. The Labute approximate surface area is 187 Å². The van der Waals surface area contributed by atoms with Gasteiger partial charge in [0.25, 0.3) is 0 Å². The van der Waals surface area contributed by atoms with Crippen LogP contribution in [0, 0.1) is 0 Å². The maximum atomic E-state index is 12.6. The van der Waals surface area contributed by atoms with Crippen LogP contribution in [-0.2, 0) is 30.4 Å². The van der Waals surface area contributed by atoms with Crippen LogP contribution in [0.5, 0.6) is 0 Å². The maximum Gasteiger partial charge on any atom is 0.326 e. The van der Waals surface area contributed by atoms with E-state index in [9.17, 15) is 34.2 Å². The van der Waals surface area contributed by atoms with Gasteiger partial charge in [0.05, 0.1) is 19.6 Å². The van der Waals surface area contributed by atoms with Crippen molar-refractivity contribution < 1.29 is 39.3 Å². The SMILES string of the molecule is NCC(=O)NC(CC(=O)O)C(=O)NC(CO)C(=O)NC(Cc1c[nH]c2ccccc12)C(=O)O. The summed E-state index contributed by atoms with van der Waals surface area (Å²) in [5.74, 6) is -5.60. The molecule has 0 saturated carbocycles. The number of aromatic amines is 1. The van der Waals surface area contributed by atoms with E-state index in [-0.39, 0.29) is 6.42 Å². The highest BCUT2D eigenvalue weighted by Gasteiger charge is 2.30. The quantitative estimate of drug-likeness (QED) is 0.169. The zero-order valence-corrected chi connectivity index (χ0v) is 17.4. The number of aliphatic hydroxyl groups is 1. The Kier molecular flexibility index (Phi) is 8.89. The van der Waals surface area contributed by atoms with E-state index in [1.54, 1.807) is 24.4 Å². The fourth-order valence-electron chi connectivity index (χ4n) is 3.10. The van der Waals surface area contributed by atoms with Gasteiger partial charge < -0.3 is 42.0 Å². The van der Waals surface area contributed by atoms with Crippen LogP contribution in [-0.4, -0.2) is 81.2 Å². The second-order valence-electron chi connectivity index (χ2n) is 7.13. The molecule has 1 heterocycles. The lowest BCUT2D eigenvalue weighted by Gasteiger charge is -2.22.